The molecular formula is C12H17NO2. The van der Waals surface area contributed by atoms with Crippen molar-refractivity contribution in [1.82, 2.24) is 4.98 Å². The van der Waals surface area contributed by atoms with Crippen molar-refractivity contribution < 1.29 is 9.84 Å². The van der Waals surface area contributed by atoms with Gasteiger partial charge in [-0.1, -0.05) is 6.07 Å². The zero-order valence-corrected chi connectivity index (χ0v) is 9.23. The predicted octanol–water partition coefficient (Wildman–Crippen LogP) is 1.99. The molecule has 3 heteroatoms. The van der Waals surface area contributed by atoms with Crippen LogP contribution in [0.4, 0.5) is 0 Å². The quantitative estimate of drug-likeness (QED) is 0.806. The number of hydrogen-bond donors (Lipinski definition) is 1. The largest absolute Gasteiger partial charge is 0.385 e. The molecule has 1 N–H and O–H groups in total. The van der Waals surface area contributed by atoms with Crippen LogP contribution in [0.2, 0.25) is 0 Å². The van der Waals surface area contributed by atoms with E-state index in [-0.39, 0.29) is 0 Å². The first-order chi connectivity index (χ1) is 7.12. The van der Waals surface area contributed by atoms with Gasteiger partial charge in [0.15, 0.2) is 0 Å². The van der Waals surface area contributed by atoms with Crippen molar-refractivity contribution in [3.05, 3.63) is 29.6 Å². The Labute approximate surface area is 90.1 Å². The maximum atomic E-state index is 10.2. The van der Waals surface area contributed by atoms with Crippen LogP contribution in [0.1, 0.15) is 37.0 Å². The van der Waals surface area contributed by atoms with Gasteiger partial charge in [0, 0.05) is 24.6 Å². The van der Waals surface area contributed by atoms with E-state index in [9.17, 15) is 5.11 Å². The number of hydrogen-bond acceptors (Lipinski definition) is 3. The summed E-state index contributed by atoms with van der Waals surface area (Å²) in [6.07, 6.45) is 4.85. The van der Waals surface area contributed by atoms with Crippen molar-refractivity contribution in [3.8, 4) is 0 Å². The van der Waals surface area contributed by atoms with Gasteiger partial charge in [-0.25, -0.2) is 0 Å². The zero-order chi connectivity index (χ0) is 10.9. The molecule has 2 atom stereocenters. The number of aryl methyl sites for hydroxylation is 1. The van der Waals surface area contributed by atoms with Crippen LogP contribution in [0.5, 0.6) is 0 Å². The second kappa shape index (κ2) is 3.91. The van der Waals surface area contributed by atoms with E-state index in [1.807, 2.05) is 19.9 Å². The topological polar surface area (TPSA) is 42.4 Å². The molecule has 1 aliphatic rings. The summed E-state index contributed by atoms with van der Waals surface area (Å²) in [5.74, 6) is 0. The highest BCUT2D eigenvalue weighted by Gasteiger charge is 2.38. The zero-order valence-electron chi connectivity index (χ0n) is 9.23. The molecular weight excluding hydrogens is 190 g/mol. The number of ether oxygens (including phenoxy) is 1. The maximum Gasteiger partial charge on any atom is 0.109 e. The van der Waals surface area contributed by atoms with E-state index < -0.39 is 11.7 Å². The molecule has 1 saturated heterocycles. The van der Waals surface area contributed by atoms with Gasteiger partial charge < -0.3 is 9.84 Å². The SMILES string of the molecule is Cc1cncc(C(O)C2(C)CCCO2)c1. The Morgan fingerprint density at radius 2 is 2.33 bits per heavy atom. The number of rotatable bonds is 2. The van der Waals surface area contributed by atoms with Crippen molar-refractivity contribution in [2.24, 2.45) is 0 Å². The molecule has 0 bridgehead atoms. The molecule has 3 nitrogen and oxygen atoms in total. The van der Waals surface area contributed by atoms with Gasteiger partial charge in [-0.05, 0) is 32.3 Å². The minimum atomic E-state index is -0.576. The highest BCUT2D eigenvalue weighted by molar-refractivity contribution is 5.21. The summed E-state index contributed by atoms with van der Waals surface area (Å²) < 4.78 is 5.62. The summed E-state index contributed by atoms with van der Waals surface area (Å²) >= 11 is 0. The minimum Gasteiger partial charge on any atom is -0.385 e. The lowest BCUT2D eigenvalue weighted by molar-refractivity contribution is -0.0797. The molecule has 2 unspecified atom stereocenters. The molecule has 0 amide bonds. The van der Waals surface area contributed by atoms with Gasteiger partial charge in [-0.15, -0.1) is 0 Å². The summed E-state index contributed by atoms with van der Waals surface area (Å²) in [5, 5.41) is 10.2. The van der Waals surface area contributed by atoms with E-state index in [0.717, 1.165) is 30.6 Å². The molecule has 0 saturated carbocycles. The minimum absolute atomic E-state index is 0.435. The van der Waals surface area contributed by atoms with Crippen LogP contribution in [-0.4, -0.2) is 22.3 Å². The molecule has 15 heavy (non-hydrogen) atoms. The lowest BCUT2D eigenvalue weighted by atomic mass is 9.91. The van der Waals surface area contributed by atoms with Crippen molar-refractivity contribution in [1.29, 1.82) is 0 Å². The molecule has 0 radical (unpaired) electrons. The smallest absolute Gasteiger partial charge is 0.109 e. The average molecular weight is 207 g/mol. The lowest BCUT2D eigenvalue weighted by Crippen LogP contribution is -2.32. The third-order valence-corrected chi connectivity index (χ3v) is 3.04. The van der Waals surface area contributed by atoms with Crippen molar-refractivity contribution in [3.63, 3.8) is 0 Å². The van der Waals surface area contributed by atoms with Gasteiger partial charge in [-0.2, -0.15) is 0 Å². The first-order valence-corrected chi connectivity index (χ1v) is 5.35. The monoisotopic (exact) mass is 207 g/mol. The fourth-order valence-corrected chi connectivity index (χ4v) is 2.10. The first kappa shape index (κ1) is 10.6. The Morgan fingerprint density at radius 1 is 1.53 bits per heavy atom. The van der Waals surface area contributed by atoms with Crippen LogP contribution in [-0.2, 0) is 4.74 Å². The Bertz CT molecular complexity index is 345. The van der Waals surface area contributed by atoms with Crippen LogP contribution in [0.3, 0.4) is 0 Å². The number of nitrogens with zero attached hydrogens (tertiary/aromatic N) is 1. The van der Waals surface area contributed by atoms with E-state index in [1.165, 1.54) is 0 Å². The predicted molar refractivity (Wildman–Crippen MR) is 57.5 cm³/mol. The molecule has 0 spiro atoms. The van der Waals surface area contributed by atoms with Crippen molar-refractivity contribution in [2.75, 3.05) is 6.61 Å². The molecule has 2 heterocycles. The fourth-order valence-electron chi connectivity index (χ4n) is 2.10. The van der Waals surface area contributed by atoms with Crippen LogP contribution in [0.15, 0.2) is 18.5 Å². The molecule has 0 aliphatic carbocycles. The molecule has 1 aromatic rings. The number of aliphatic hydroxyl groups is 1. The molecule has 0 aromatic carbocycles. The lowest BCUT2D eigenvalue weighted by Gasteiger charge is -2.29. The Balaban J connectivity index is 2.23. The normalized spacial score (nSPS) is 27.9. The van der Waals surface area contributed by atoms with Gasteiger partial charge in [0.25, 0.3) is 0 Å². The van der Waals surface area contributed by atoms with E-state index in [0.29, 0.717) is 0 Å². The number of pyridine rings is 1. The average Bonchev–Trinajstić information content (AvgIpc) is 2.65. The Kier molecular flexibility index (Phi) is 2.76. The van der Waals surface area contributed by atoms with Gasteiger partial charge in [-0.3, -0.25) is 4.98 Å². The molecule has 1 aromatic heterocycles. The van der Waals surface area contributed by atoms with Crippen LogP contribution < -0.4 is 0 Å². The first-order valence-electron chi connectivity index (χ1n) is 5.35. The van der Waals surface area contributed by atoms with E-state index >= 15 is 0 Å². The summed E-state index contributed by atoms with van der Waals surface area (Å²) in [4.78, 5) is 4.09. The van der Waals surface area contributed by atoms with Gasteiger partial charge in [0.05, 0.1) is 5.60 Å². The van der Waals surface area contributed by atoms with Crippen LogP contribution >= 0.6 is 0 Å². The third-order valence-electron chi connectivity index (χ3n) is 3.04. The van der Waals surface area contributed by atoms with Gasteiger partial charge in [0.2, 0.25) is 0 Å². The Morgan fingerprint density at radius 3 is 2.93 bits per heavy atom. The standard InChI is InChI=1S/C12H17NO2/c1-9-6-10(8-13-7-9)11(14)12(2)4-3-5-15-12/h6-8,11,14H,3-5H2,1-2H3. The number of aromatic nitrogens is 1. The molecule has 2 rings (SSSR count). The number of aliphatic hydroxyl groups excluding tert-OH is 1. The third kappa shape index (κ3) is 2.03. The van der Waals surface area contributed by atoms with Crippen molar-refractivity contribution >= 4 is 0 Å². The second-order valence-electron chi connectivity index (χ2n) is 4.46. The van der Waals surface area contributed by atoms with E-state index in [2.05, 4.69) is 4.98 Å². The highest BCUT2D eigenvalue weighted by atomic mass is 16.5. The summed E-state index contributed by atoms with van der Waals surface area (Å²) in [6, 6.07) is 1.96. The van der Waals surface area contributed by atoms with E-state index in [4.69, 9.17) is 4.74 Å². The fraction of sp³-hybridized carbons (Fsp3) is 0.583. The maximum absolute atomic E-state index is 10.2. The summed E-state index contributed by atoms with van der Waals surface area (Å²) in [6.45, 7) is 4.68. The van der Waals surface area contributed by atoms with Crippen LogP contribution in [0, 0.1) is 6.92 Å². The van der Waals surface area contributed by atoms with E-state index in [1.54, 1.807) is 12.4 Å². The van der Waals surface area contributed by atoms with Gasteiger partial charge >= 0.3 is 0 Å². The molecule has 1 fully saturated rings. The van der Waals surface area contributed by atoms with Crippen LogP contribution in [0.25, 0.3) is 0 Å². The highest BCUT2D eigenvalue weighted by Crippen LogP contribution is 2.37. The van der Waals surface area contributed by atoms with Gasteiger partial charge in [0.1, 0.15) is 6.10 Å². The Hall–Kier alpha value is -0.930. The summed E-state index contributed by atoms with van der Waals surface area (Å²) in [5.41, 5.74) is 1.47. The molecule has 1 aliphatic heterocycles. The van der Waals surface area contributed by atoms with Crippen molar-refractivity contribution in [2.45, 2.75) is 38.4 Å². The second-order valence-corrected chi connectivity index (χ2v) is 4.46. The molecule has 82 valence electrons. The summed E-state index contributed by atoms with van der Waals surface area (Å²) in [7, 11) is 0.